The lowest BCUT2D eigenvalue weighted by molar-refractivity contribution is -0.386. The first-order chi connectivity index (χ1) is 6.93. The Labute approximate surface area is 88.2 Å². The molecule has 0 spiro atoms. The highest BCUT2D eigenvalue weighted by molar-refractivity contribution is 6.30. The van der Waals surface area contributed by atoms with Crippen LogP contribution in [0.4, 0.5) is 14.5 Å². The Morgan fingerprint density at radius 1 is 1.47 bits per heavy atom. The topological polar surface area (TPSA) is 63.4 Å². The van der Waals surface area contributed by atoms with Crippen LogP contribution in [0.25, 0.3) is 0 Å². The summed E-state index contributed by atoms with van der Waals surface area (Å²) in [5.74, 6) is 0. The van der Waals surface area contributed by atoms with Crippen molar-refractivity contribution in [3.63, 3.8) is 0 Å². The fourth-order valence-electron chi connectivity index (χ4n) is 1.06. The number of hydrogen-bond donors (Lipinski definition) is 1. The van der Waals surface area contributed by atoms with Gasteiger partial charge in [0.25, 0.3) is 12.1 Å². The van der Waals surface area contributed by atoms with E-state index in [0.717, 1.165) is 12.1 Å². The molecule has 0 saturated carbocycles. The number of aliphatic hydroxyl groups excluding tert-OH is 1. The molecule has 7 heteroatoms. The minimum Gasteiger partial charge on any atom is -0.382 e. The highest BCUT2D eigenvalue weighted by atomic mass is 35.5. The van der Waals surface area contributed by atoms with Gasteiger partial charge in [-0.3, -0.25) is 10.1 Å². The van der Waals surface area contributed by atoms with E-state index in [1.165, 1.54) is 6.07 Å². The maximum absolute atomic E-state index is 12.2. The maximum Gasteiger partial charge on any atom is 0.275 e. The Morgan fingerprint density at radius 2 is 2.07 bits per heavy atom. The third-order valence-corrected chi connectivity index (χ3v) is 1.98. The minimum atomic E-state index is -3.10. The van der Waals surface area contributed by atoms with Crippen LogP contribution < -0.4 is 0 Å². The van der Waals surface area contributed by atoms with Gasteiger partial charge < -0.3 is 5.11 Å². The van der Waals surface area contributed by atoms with Crippen molar-refractivity contribution in [3.8, 4) is 0 Å². The third kappa shape index (κ3) is 2.60. The zero-order chi connectivity index (χ0) is 11.6. The third-order valence-electron chi connectivity index (χ3n) is 1.74. The molecule has 1 aromatic carbocycles. The molecule has 0 heterocycles. The summed E-state index contributed by atoms with van der Waals surface area (Å²) in [6, 6.07) is 3.13. The van der Waals surface area contributed by atoms with Crippen molar-refractivity contribution in [2.45, 2.75) is 12.5 Å². The van der Waals surface area contributed by atoms with E-state index in [1.807, 2.05) is 0 Å². The zero-order valence-electron chi connectivity index (χ0n) is 7.23. The standard InChI is InChI=1S/C8H6ClF2NO3/c9-4-1-2-6(12(14)15)5(3-4)7(13)8(10)11/h1-3,7-8,13H. The van der Waals surface area contributed by atoms with Crippen LogP contribution in [-0.2, 0) is 0 Å². The summed E-state index contributed by atoms with van der Waals surface area (Å²) in [4.78, 5) is 9.62. The Bertz CT molecular complexity index is 386. The van der Waals surface area contributed by atoms with E-state index >= 15 is 0 Å². The molecule has 15 heavy (non-hydrogen) atoms. The molecule has 1 N–H and O–H groups in total. The molecule has 0 aliphatic rings. The van der Waals surface area contributed by atoms with Gasteiger partial charge >= 0.3 is 0 Å². The van der Waals surface area contributed by atoms with E-state index in [1.54, 1.807) is 0 Å². The predicted octanol–water partition coefficient (Wildman–Crippen LogP) is 2.55. The number of rotatable bonds is 3. The van der Waals surface area contributed by atoms with Gasteiger partial charge in [-0.1, -0.05) is 11.6 Å². The largest absolute Gasteiger partial charge is 0.382 e. The lowest BCUT2D eigenvalue weighted by Gasteiger charge is -2.10. The van der Waals surface area contributed by atoms with Crippen molar-refractivity contribution < 1.29 is 18.8 Å². The van der Waals surface area contributed by atoms with Gasteiger partial charge in [-0.25, -0.2) is 8.78 Å². The second kappa shape index (κ2) is 4.50. The number of nitro groups is 1. The van der Waals surface area contributed by atoms with Crippen molar-refractivity contribution in [1.82, 2.24) is 0 Å². The van der Waals surface area contributed by atoms with Gasteiger partial charge in [0, 0.05) is 11.1 Å². The first-order valence-corrected chi connectivity index (χ1v) is 4.21. The summed E-state index contributed by atoms with van der Waals surface area (Å²) in [7, 11) is 0. The van der Waals surface area contributed by atoms with Crippen molar-refractivity contribution in [2.24, 2.45) is 0 Å². The fourth-order valence-corrected chi connectivity index (χ4v) is 1.24. The highest BCUT2D eigenvalue weighted by Gasteiger charge is 2.27. The number of benzene rings is 1. The predicted molar refractivity (Wildman–Crippen MR) is 49.1 cm³/mol. The molecule has 0 amide bonds. The second-order valence-electron chi connectivity index (χ2n) is 2.74. The van der Waals surface area contributed by atoms with Crippen molar-refractivity contribution in [3.05, 3.63) is 38.9 Å². The average Bonchev–Trinajstić information content (AvgIpc) is 2.15. The van der Waals surface area contributed by atoms with Crippen LogP contribution in [0.2, 0.25) is 5.02 Å². The number of nitrogens with zero attached hydrogens (tertiary/aromatic N) is 1. The highest BCUT2D eigenvalue weighted by Crippen LogP contribution is 2.31. The lowest BCUT2D eigenvalue weighted by Crippen LogP contribution is -2.10. The van der Waals surface area contributed by atoms with Gasteiger partial charge in [-0.15, -0.1) is 0 Å². The molecule has 1 aromatic rings. The van der Waals surface area contributed by atoms with Gasteiger partial charge in [-0.05, 0) is 12.1 Å². The molecule has 0 aliphatic heterocycles. The number of halogens is 3. The SMILES string of the molecule is O=[N+]([O-])c1ccc(Cl)cc1C(O)C(F)F. The van der Waals surface area contributed by atoms with E-state index in [4.69, 9.17) is 16.7 Å². The summed E-state index contributed by atoms with van der Waals surface area (Å²) in [6.45, 7) is 0. The maximum atomic E-state index is 12.2. The van der Waals surface area contributed by atoms with E-state index in [-0.39, 0.29) is 5.02 Å². The Morgan fingerprint density at radius 3 is 2.53 bits per heavy atom. The van der Waals surface area contributed by atoms with Crippen molar-refractivity contribution in [1.29, 1.82) is 0 Å². The molecule has 0 aliphatic carbocycles. The number of aliphatic hydroxyl groups is 1. The Hall–Kier alpha value is -1.27. The molecular weight excluding hydrogens is 232 g/mol. The van der Waals surface area contributed by atoms with Gasteiger partial charge in [0.2, 0.25) is 0 Å². The number of nitro benzene ring substituents is 1. The molecule has 1 atom stereocenters. The molecule has 4 nitrogen and oxygen atoms in total. The van der Waals surface area contributed by atoms with Gasteiger partial charge in [-0.2, -0.15) is 0 Å². The van der Waals surface area contributed by atoms with Crippen LogP contribution in [0.15, 0.2) is 18.2 Å². The molecule has 1 rings (SSSR count). The van der Waals surface area contributed by atoms with Crippen molar-refractivity contribution >= 4 is 17.3 Å². The molecule has 0 radical (unpaired) electrons. The van der Waals surface area contributed by atoms with Crippen LogP contribution in [0.3, 0.4) is 0 Å². The zero-order valence-corrected chi connectivity index (χ0v) is 7.99. The first kappa shape index (κ1) is 11.8. The quantitative estimate of drug-likeness (QED) is 0.649. The van der Waals surface area contributed by atoms with Crippen molar-refractivity contribution in [2.75, 3.05) is 0 Å². The Balaban J connectivity index is 3.24. The first-order valence-electron chi connectivity index (χ1n) is 3.83. The Kier molecular flexibility index (Phi) is 3.54. The summed E-state index contributed by atoms with van der Waals surface area (Å²) in [5.41, 5.74) is -1.06. The van der Waals surface area contributed by atoms with Crippen LogP contribution >= 0.6 is 11.6 Å². The van der Waals surface area contributed by atoms with E-state index < -0.39 is 28.7 Å². The molecule has 0 saturated heterocycles. The fraction of sp³-hybridized carbons (Fsp3) is 0.250. The summed E-state index contributed by atoms with van der Waals surface area (Å²) in [5, 5.41) is 19.6. The van der Waals surface area contributed by atoms with Crippen LogP contribution in [0, 0.1) is 10.1 Å². The minimum absolute atomic E-state index is 0.0512. The van der Waals surface area contributed by atoms with E-state index in [2.05, 4.69) is 0 Å². The molecule has 0 bridgehead atoms. The van der Waals surface area contributed by atoms with E-state index in [0.29, 0.717) is 0 Å². The summed E-state index contributed by atoms with van der Waals surface area (Å²) >= 11 is 5.49. The molecule has 82 valence electrons. The van der Waals surface area contributed by atoms with Gasteiger partial charge in [0.15, 0.2) is 0 Å². The average molecular weight is 238 g/mol. The van der Waals surface area contributed by atoms with Crippen LogP contribution in [0.1, 0.15) is 11.7 Å². The monoisotopic (exact) mass is 237 g/mol. The summed E-state index contributed by atoms with van der Waals surface area (Å²) < 4.78 is 24.3. The molecule has 0 aromatic heterocycles. The van der Waals surface area contributed by atoms with Crippen LogP contribution in [0.5, 0.6) is 0 Å². The second-order valence-corrected chi connectivity index (χ2v) is 3.18. The molecule has 0 fully saturated rings. The lowest BCUT2D eigenvalue weighted by atomic mass is 10.1. The molecular formula is C8H6ClF2NO3. The van der Waals surface area contributed by atoms with Gasteiger partial charge in [0.05, 0.1) is 10.5 Å². The summed E-state index contributed by atoms with van der Waals surface area (Å²) in [6.07, 6.45) is -5.30. The van der Waals surface area contributed by atoms with Gasteiger partial charge in [0.1, 0.15) is 6.10 Å². The smallest absolute Gasteiger partial charge is 0.275 e. The number of hydrogen-bond acceptors (Lipinski definition) is 3. The molecule has 1 unspecified atom stereocenters. The van der Waals surface area contributed by atoms with Crippen LogP contribution in [-0.4, -0.2) is 16.5 Å². The van der Waals surface area contributed by atoms with E-state index in [9.17, 15) is 18.9 Å². The number of alkyl halides is 2. The normalized spacial score (nSPS) is 12.9.